The fourth-order valence-corrected chi connectivity index (χ4v) is 3.28. The van der Waals surface area contributed by atoms with Gasteiger partial charge in [-0.25, -0.2) is 10.0 Å². The second-order valence-corrected chi connectivity index (χ2v) is 8.70. The maximum atomic E-state index is 13.3. The van der Waals surface area contributed by atoms with E-state index in [2.05, 4.69) is 0 Å². The van der Waals surface area contributed by atoms with Crippen molar-refractivity contribution in [3.05, 3.63) is 67.6 Å². The van der Waals surface area contributed by atoms with E-state index in [9.17, 15) is 9.59 Å². The normalized spacial score (nSPS) is 11.3. The molecule has 150 valence electrons. The average Bonchev–Trinajstić information content (AvgIpc) is 2.62. The number of amides is 2. The molecule has 0 bridgehead atoms. The smallest absolute Gasteiger partial charge is 0.267 e. The summed E-state index contributed by atoms with van der Waals surface area (Å²) in [5.74, 6) is -0.745. The standard InChI is InChI=1S/C20H20Cl4N2O2/c1-5-25(18(27)12-6-8-14(21)16(23)10-12)26(20(2,3)4)19(28)13-7-9-15(22)17(24)11-13/h6-11H,5H2,1-4H3. The number of carbonyl (C=O) groups is 2. The van der Waals surface area contributed by atoms with Crippen LogP contribution in [0.3, 0.4) is 0 Å². The van der Waals surface area contributed by atoms with E-state index in [-0.39, 0.29) is 28.4 Å². The van der Waals surface area contributed by atoms with Crippen molar-refractivity contribution >= 4 is 58.2 Å². The van der Waals surface area contributed by atoms with E-state index in [1.807, 2.05) is 20.8 Å². The lowest BCUT2D eigenvalue weighted by atomic mass is 10.1. The van der Waals surface area contributed by atoms with Crippen molar-refractivity contribution in [1.29, 1.82) is 0 Å². The molecule has 2 amide bonds. The Labute approximate surface area is 184 Å². The molecular formula is C20H20Cl4N2O2. The van der Waals surface area contributed by atoms with Gasteiger partial charge in [0.2, 0.25) is 0 Å². The molecule has 2 aromatic carbocycles. The third kappa shape index (κ3) is 4.93. The zero-order chi connectivity index (χ0) is 21.2. The van der Waals surface area contributed by atoms with E-state index >= 15 is 0 Å². The van der Waals surface area contributed by atoms with Gasteiger partial charge in [0, 0.05) is 17.7 Å². The zero-order valence-corrected chi connectivity index (χ0v) is 18.9. The molecule has 0 unspecified atom stereocenters. The third-order valence-corrected chi connectivity index (χ3v) is 5.41. The summed E-state index contributed by atoms with van der Waals surface area (Å²) < 4.78 is 0. The molecule has 2 aromatic rings. The molecule has 0 aromatic heterocycles. The van der Waals surface area contributed by atoms with E-state index in [4.69, 9.17) is 46.4 Å². The highest BCUT2D eigenvalue weighted by molar-refractivity contribution is 6.42. The van der Waals surface area contributed by atoms with E-state index in [1.54, 1.807) is 31.2 Å². The Morgan fingerprint density at radius 1 is 0.786 bits per heavy atom. The van der Waals surface area contributed by atoms with Crippen LogP contribution in [0, 0.1) is 0 Å². The third-order valence-electron chi connectivity index (χ3n) is 3.94. The summed E-state index contributed by atoms with van der Waals surface area (Å²) in [4.78, 5) is 26.5. The molecule has 0 aliphatic carbocycles. The van der Waals surface area contributed by atoms with Crippen LogP contribution in [-0.2, 0) is 0 Å². The lowest BCUT2D eigenvalue weighted by molar-refractivity contribution is -0.0410. The molecule has 0 aliphatic heterocycles. The number of hydrazine groups is 1. The van der Waals surface area contributed by atoms with Gasteiger partial charge in [-0.05, 0) is 64.1 Å². The summed E-state index contributed by atoms with van der Waals surface area (Å²) in [5, 5.41) is 4.02. The van der Waals surface area contributed by atoms with Crippen LogP contribution < -0.4 is 0 Å². The molecular weight excluding hydrogens is 442 g/mol. The number of hydrogen-bond donors (Lipinski definition) is 0. The number of hydrogen-bond acceptors (Lipinski definition) is 2. The molecule has 28 heavy (non-hydrogen) atoms. The number of halogens is 4. The minimum atomic E-state index is -0.689. The Morgan fingerprint density at radius 2 is 1.21 bits per heavy atom. The Hall–Kier alpha value is -1.46. The fraction of sp³-hybridized carbons (Fsp3) is 0.300. The minimum absolute atomic E-state index is 0.264. The summed E-state index contributed by atoms with van der Waals surface area (Å²) in [7, 11) is 0. The molecule has 0 heterocycles. The van der Waals surface area contributed by atoms with Crippen LogP contribution in [0.1, 0.15) is 48.4 Å². The predicted octanol–water partition coefficient (Wildman–Crippen LogP) is 6.62. The SMILES string of the molecule is CCN(C(=O)c1ccc(Cl)c(Cl)c1)N(C(=O)c1ccc(Cl)c(Cl)c1)C(C)(C)C. The monoisotopic (exact) mass is 460 g/mol. The summed E-state index contributed by atoms with van der Waals surface area (Å²) in [6.45, 7) is 7.58. The van der Waals surface area contributed by atoms with Gasteiger partial charge in [0.05, 0.1) is 25.6 Å². The van der Waals surface area contributed by atoms with Gasteiger partial charge >= 0.3 is 0 Å². The Kier molecular flexibility index (Phi) is 7.27. The maximum absolute atomic E-state index is 13.3. The minimum Gasteiger partial charge on any atom is -0.267 e. The highest BCUT2D eigenvalue weighted by Gasteiger charge is 2.35. The molecule has 0 saturated heterocycles. The first-order valence-electron chi connectivity index (χ1n) is 8.53. The fourth-order valence-electron chi connectivity index (χ4n) is 2.68. The van der Waals surface area contributed by atoms with Crippen LogP contribution in [-0.4, -0.2) is 33.9 Å². The molecule has 4 nitrogen and oxygen atoms in total. The van der Waals surface area contributed by atoms with Gasteiger partial charge in [-0.2, -0.15) is 0 Å². The molecule has 0 N–H and O–H groups in total. The lowest BCUT2D eigenvalue weighted by Crippen LogP contribution is -2.58. The number of benzene rings is 2. The topological polar surface area (TPSA) is 40.6 Å². The predicted molar refractivity (Wildman–Crippen MR) is 116 cm³/mol. The van der Waals surface area contributed by atoms with Crippen molar-refractivity contribution in [3.8, 4) is 0 Å². The van der Waals surface area contributed by atoms with Crippen LogP contribution in [0.25, 0.3) is 0 Å². The van der Waals surface area contributed by atoms with Crippen molar-refractivity contribution in [3.63, 3.8) is 0 Å². The Bertz CT molecular complexity index is 910. The largest absolute Gasteiger partial charge is 0.273 e. The van der Waals surface area contributed by atoms with Crippen LogP contribution in [0.15, 0.2) is 36.4 Å². The van der Waals surface area contributed by atoms with Crippen molar-refractivity contribution < 1.29 is 9.59 Å². The summed E-state index contributed by atoms with van der Waals surface area (Å²) in [6, 6.07) is 9.22. The Balaban J connectivity index is 2.49. The van der Waals surface area contributed by atoms with Crippen LogP contribution >= 0.6 is 46.4 Å². The number of nitrogens with zero attached hydrogens (tertiary/aromatic N) is 2. The molecule has 8 heteroatoms. The second kappa shape index (κ2) is 8.91. The van der Waals surface area contributed by atoms with E-state index < -0.39 is 5.54 Å². The molecule has 0 saturated carbocycles. The molecule has 2 rings (SSSR count). The van der Waals surface area contributed by atoms with E-state index in [0.717, 1.165) is 0 Å². The number of rotatable bonds is 3. The van der Waals surface area contributed by atoms with Gasteiger partial charge < -0.3 is 0 Å². The second-order valence-electron chi connectivity index (χ2n) is 7.07. The number of carbonyl (C=O) groups excluding carboxylic acids is 2. The average molecular weight is 462 g/mol. The van der Waals surface area contributed by atoms with Gasteiger partial charge in [0.25, 0.3) is 11.8 Å². The molecule has 0 spiro atoms. The van der Waals surface area contributed by atoms with Gasteiger partial charge in [0.1, 0.15) is 0 Å². The first kappa shape index (κ1) is 22.8. The van der Waals surface area contributed by atoms with Crippen LogP contribution in [0.5, 0.6) is 0 Å². The van der Waals surface area contributed by atoms with E-state index in [1.165, 1.54) is 22.2 Å². The highest BCUT2D eigenvalue weighted by Crippen LogP contribution is 2.28. The van der Waals surface area contributed by atoms with Gasteiger partial charge in [-0.3, -0.25) is 9.59 Å². The summed E-state index contributed by atoms with van der Waals surface area (Å²) >= 11 is 24.0. The van der Waals surface area contributed by atoms with E-state index in [0.29, 0.717) is 21.2 Å². The van der Waals surface area contributed by atoms with Gasteiger partial charge in [0.15, 0.2) is 0 Å². The first-order chi connectivity index (χ1) is 13.0. The quantitative estimate of drug-likeness (QED) is 0.482. The molecule has 0 fully saturated rings. The highest BCUT2D eigenvalue weighted by atomic mass is 35.5. The Morgan fingerprint density at radius 3 is 1.57 bits per heavy atom. The van der Waals surface area contributed by atoms with Crippen molar-refractivity contribution in [2.45, 2.75) is 33.2 Å². The van der Waals surface area contributed by atoms with Gasteiger partial charge in [-0.15, -0.1) is 0 Å². The first-order valence-corrected chi connectivity index (χ1v) is 10.0. The van der Waals surface area contributed by atoms with Crippen LogP contribution in [0.2, 0.25) is 20.1 Å². The molecule has 0 aliphatic rings. The zero-order valence-electron chi connectivity index (χ0n) is 15.9. The van der Waals surface area contributed by atoms with Crippen molar-refractivity contribution in [1.82, 2.24) is 10.0 Å². The van der Waals surface area contributed by atoms with Crippen molar-refractivity contribution in [2.24, 2.45) is 0 Å². The summed E-state index contributed by atoms with van der Waals surface area (Å²) in [6.07, 6.45) is 0. The lowest BCUT2D eigenvalue weighted by Gasteiger charge is -2.43. The summed E-state index contributed by atoms with van der Waals surface area (Å²) in [5.41, 5.74) is -0.0393. The molecule has 0 radical (unpaired) electrons. The molecule has 0 atom stereocenters. The van der Waals surface area contributed by atoms with Crippen LogP contribution in [0.4, 0.5) is 0 Å². The van der Waals surface area contributed by atoms with Crippen molar-refractivity contribution in [2.75, 3.05) is 6.54 Å². The van der Waals surface area contributed by atoms with Gasteiger partial charge in [-0.1, -0.05) is 46.4 Å². The maximum Gasteiger partial charge on any atom is 0.273 e.